The molecule has 162 valence electrons. The van der Waals surface area contributed by atoms with E-state index in [9.17, 15) is 4.79 Å². The molecule has 0 atom stereocenters. The normalized spacial score (nSPS) is 18.1. The predicted molar refractivity (Wildman–Crippen MR) is 116 cm³/mol. The van der Waals surface area contributed by atoms with E-state index in [1.807, 2.05) is 33.7 Å². The fourth-order valence-corrected chi connectivity index (χ4v) is 4.18. The molecule has 5 rings (SSSR count). The van der Waals surface area contributed by atoms with E-state index in [0.29, 0.717) is 38.4 Å². The van der Waals surface area contributed by atoms with E-state index in [1.54, 1.807) is 12.5 Å². The van der Waals surface area contributed by atoms with Crippen molar-refractivity contribution in [3.8, 4) is 0 Å². The van der Waals surface area contributed by atoms with Crippen molar-refractivity contribution < 1.29 is 14.3 Å². The summed E-state index contributed by atoms with van der Waals surface area (Å²) in [6.45, 7) is 6.16. The Labute approximate surface area is 181 Å². The molecule has 0 saturated carbocycles. The highest BCUT2D eigenvalue weighted by atomic mass is 16.7. The Hall–Kier alpha value is -2.81. The number of carbonyl (C=O) groups is 1. The van der Waals surface area contributed by atoms with Crippen LogP contribution >= 0.6 is 0 Å². The van der Waals surface area contributed by atoms with Crippen LogP contribution in [0.5, 0.6) is 0 Å². The van der Waals surface area contributed by atoms with Crippen molar-refractivity contribution >= 4 is 17.1 Å². The first-order valence-corrected chi connectivity index (χ1v) is 10.9. The standard InChI is InChI=1S/C23H27N5O3/c29-23(27-10-8-26(9-11-27)7-6-21-30-12-13-31-21)19-14-20-22(24-15-19)28(17-25-20)16-18-4-2-1-3-5-18/h1-5,14-15,17,21H,6-13,16H2. The van der Waals surface area contributed by atoms with Crippen molar-refractivity contribution in [3.63, 3.8) is 0 Å². The number of hydrogen-bond acceptors (Lipinski definition) is 6. The van der Waals surface area contributed by atoms with Gasteiger partial charge in [-0.2, -0.15) is 0 Å². The monoisotopic (exact) mass is 421 g/mol. The molecule has 2 fully saturated rings. The van der Waals surface area contributed by atoms with Crippen molar-refractivity contribution in [2.24, 2.45) is 0 Å². The lowest BCUT2D eigenvalue weighted by Gasteiger charge is -2.35. The van der Waals surface area contributed by atoms with Gasteiger partial charge in [-0.3, -0.25) is 9.69 Å². The SMILES string of the molecule is O=C(c1cnc2c(c1)ncn2Cc1ccccc1)N1CCN(CCC2OCCO2)CC1. The van der Waals surface area contributed by atoms with Gasteiger partial charge in [0.1, 0.15) is 5.52 Å². The number of benzene rings is 1. The summed E-state index contributed by atoms with van der Waals surface area (Å²) in [5.41, 5.74) is 3.32. The molecular weight excluding hydrogens is 394 g/mol. The number of carbonyl (C=O) groups excluding carboxylic acids is 1. The second kappa shape index (κ2) is 9.13. The minimum absolute atomic E-state index is 0.0223. The highest BCUT2D eigenvalue weighted by Gasteiger charge is 2.24. The minimum Gasteiger partial charge on any atom is -0.350 e. The highest BCUT2D eigenvalue weighted by Crippen LogP contribution is 2.17. The number of fused-ring (bicyclic) bond motifs is 1. The largest absolute Gasteiger partial charge is 0.350 e. The molecule has 2 saturated heterocycles. The molecule has 1 amide bonds. The average molecular weight is 422 g/mol. The van der Waals surface area contributed by atoms with Gasteiger partial charge in [-0.1, -0.05) is 30.3 Å². The van der Waals surface area contributed by atoms with Crippen LogP contribution in [0.25, 0.3) is 11.2 Å². The molecule has 2 aliphatic heterocycles. The summed E-state index contributed by atoms with van der Waals surface area (Å²) in [4.78, 5) is 26.3. The van der Waals surface area contributed by atoms with Crippen molar-refractivity contribution in [1.82, 2.24) is 24.3 Å². The first kappa shape index (κ1) is 20.1. The number of piperazine rings is 1. The molecular formula is C23H27N5O3. The first-order chi connectivity index (χ1) is 15.3. The van der Waals surface area contributed by atoms with Crippen LogP contribution in [0.15, 0.2) is 48.9 Å². The van der Waals surface area contributed by atoms with Gasteiger partial charge in [-0.05, 0) is 11.6 Å². The Morgan fingerprint density at radius 3 is 2.58 bits per heavy atom. The lowest BCUT2D eigenvalue weighted by atomic mass is 10.2. The summed E-state index contributed by atoms with van der Waals surface area (Å²) >= 11 is 0. The summed E-state index contributed by atoms with van der Waals surface area (Å²) in [5, 5.41) is 0. The quantitative estimate of drug-likeness (QED) is 0.606. The number of imidazole rings is 1. The molecule has 8 nitrogen and oxygen atoms in total. The van der Waals surface area contributed by atoms with Gasteiger partial charge in [0, 0.05) is 45.3 Å². The zero-order valence-corrected chi connectivity index (χ0v) is 17.5. The molecule has 4 heterocycles. The Morgan fingerprint density at radius 2 is 1.81 bits per heavy atom. The van der Waals surface area contributed by atoms with Gasteiger partial charge in [0.15, 0.2) is 11.9 Å². The van der Waals surface area contributed by atoms with Crippen LogP contribution in [0.1, 0.15) is 22.3 Å². The van der Waals surface area contributed by atoms with Gasteiger partial charge < -0.3 is 18.9 Å². The Kier molecular flexibility index (Phi) is 5.93. The molecule has 31 heavy (non-hydrogen) atoms. The number of pyridine rings is 1. The second-order valence-electron chi connectivity index (χ2n) is 8.02. The summed E-state index contributed by atoms with van der Waals surface area (Å²) in [7, 11) is 0. The van der Waals surface area contributed by atoms with Crippen LogP contribution in [0.4, 0.5) is 0 Å². The number of hydrogen-bond donors (Lipinski definition) is 0. The summed E-state index contributed by atoms with van der Waals surface area (Å²) in [6.07, 6.45) is 4.27. The van der Waals surface area contributed by atoms with Gasteiger partial charge in [0.25, 0.3) is 5.91 Å². The summed E-state index contributed by atoms with van der Waals surface area (Å²) in [6, 6.07) is 12.1. The van der Waals surface area contributed by atoms with Gasteiger partial charge in [0.2, 0.25) is 0 Å². The third-order valence-electron chi connectivity index (χ3n) is 5.93. The van der Waals surface area contributed by atoms with Crippen LogP contribution in [0, 0.1) is 0 Å². The molecule has 2 aliphatic rings. The number of nitrogens with zero attached hydrogens (tertiary/aromatic N) is 5. The van der Waals surface area contributed by atoms with Crippen molar-refractivity contribution in [2.45, 2.75) is 19.3 Å². The average Bonchev–Trinajstić information content (AvgIpc) is 3.48. The number of rotatable bonds is 6. The van der Waals surface area contributed by atoms with Crippen LogP contribution in [0.2, 0.25) is 0 Å². The number of amides is 1. The molecule has 0 radical (unpaired) electrons. The molecule has 8 heteroatoms. The Bertz CT molecular complexity index is 1020. The van der Waals surface area contributed by atoms with E-state index in [0.717, 1.165) is 37.2 Å². The van der Waals surface area contributed by atoms with E-state index in [1.165, 1.54) is 5.56 Å². The van der Waals surface area contributed by atoms with Crippen LogP contribution in [-0.2, 0) is 16.0 Å². The van der Waals surface area contributed by atoms with E-state index in [4.69, 9.17) is 9.47 Å². The predicted octanol–water partition coefficient (Wildman–Crippen LogP) is 2.00. The van der Waals surface area contributed by atoms with Crippen LogP contribution < -0.4 is 0 Å². The van der Waals surface area contributed by atoms with E-state index >= 15 is 0 Å². The van der Waals surface area contributed by atoms with Crippen molar-refractivity contribution in [3.05, 3.63) is 60.0 Å². The van der Waals surface area contributed by atoms with Gasteiger partial charge in [-0.15, -0.1) is 0 Å². The number of ether oxygens (including phenoxy) is 2. The van der Waals surface area contributed by atoms with E-state index in [-0.39, 0.29) is 12.2 Å². The van der Waals surface area contributed by atoms with Gasteiger partial charge in [0.05, 0.1) is 31.6 Å². The van der Waals surface area contributed by atoms with E-state index < -0.39 is 0 Å². The first-order valence-electron chi connectivity index (χ1n) is 10.9. The summed E-state index contributed by atoms with van der Waals surface area (Å²) < 4.78 is 13.0. The van der Waals surface area contributed by atoms with Gasteiger partial charge in [-0.25, -0.2) is 9.97 Å². The fourth-order valence-electron chi connectivity index (χ4n) is 4.18. The van der Waals surface area contributed by atoms with E-state index in [2.05, 4.69) is 27.0 Å². The van der Waals surface area contributed by atoms with Crippen molar-refractivity contribution in [2.75, 3.05) is 45.9 Å². The van der Waals surface area contributed by atoms with Gasteiger partial charge >= 0.3 is 0 Å². The minimum atomic E-state index is -0.0702. The highest BCUT2D eigenvalue weighted by molar-refractivity contribution is 5.96. The maximum Gasteiger partial charge on any atom is 0.255 e. The zero-order chi connectivity index (χ0) is 21.0. The zero-order valence-electron chi connectivity index (χ0n) is 17.5. The van der Waals surface area contributed by atoms with Crippen molar-refractivity contribution in [1.29, 1.82) is 0 Å². The van der Waals surface area contributed by atoms with Crippen LogP contribution in [-0.4, -0.2) is 82.5 Å². The molecule has 0 spiro atoms. The molecule has 0 N–H and O–H groups in total. The third-order valence-corrected chi connectivity index (χ3v) is 5.93. The smallest absolute Gasteiger partial charge is 0.255 e. The molecule has 0 unspecified atom stereocenters. The topological polar surface area (TPSA) is 72.7 Å². The Morgan fingerprint density at radius 1 is 1.03 bits per heavy atom. The maximum absolute atomic E-state index is 13.0. The number of aromatic nitrogens is 3. The molecule has 3 aromatic rings. The molecule has 2 aromatic heterocycles. The Balaban J connectivity index is 1.19. The maximum atomic E-state index is 13.0. The molecule has 1 aromatic carbocycles. The molecule has 0 aliphatic carbocycles. The molecule has 0 bridgehead atoms. The third kappa shape index (κ3) is 4.61. The fraction of sp³-hybridized carbons (Fsp3) is 0.435. The lowest BCUT2D eigenvalue weighted by Crippen LogP contribution is -2.49. The lowest BCUT2D eigenvalue weighted by molar-refractivity contribution is -0.0529. The van der Waals surface area contributed by atoms with Crippen LogP contribution in [0.3, 0.4) is 0 Å². The second-order valence-corrected chi connectivity index (χ2v) is 8.02. The summed E-state index contributed by atoms with van der Waals surface area (Å²) in [5.74, 6) is 0.0223.